The Morgan fingerprint density at radius 3 is 2.38 bits per heavy atom. The summed E-state index contributed by atoms with van der Waals surface area (Å²) in [6.45, 7) is 6.42. The molecule has 3 aromatic rings. The first-order valence-corrected chi connectivity index (χ1v) is 11.8. The van der Waals surface area contributed by atoms with Gasteiger partial charge in [0, 0.05) is 23.7 Å². The number of hydrogen-bond acceptors (Lipinski definition) is 3. The van der Waals surface area contributed by atoms with Gasteiger partial charge in [0.1, 0.15) is 11.3 Å². The molecule has 0 radical (unpaired) electrons. The fraction of sp³-hybridized carbons (Fsp3) is 0.440. The third-order valence-electron chi connectivity index (χ3n) is 5.64. The number of imidazole rings is 1. The van der Waals surface area contributed by atoms with Crippen molar-refractivity contribution >= 4 is 22.9 Å². The van der Waals surface area contributed by atoms with Gasteiger partial charge in [0.15, 0.2) is 5.65 Å². The van der Waals surface area contributed by atoms with E-state index in [9.17, 15) is 13.2 Å². The molecule has 0 unspecified atom stereocenters. The number of fused-ring (bicyclic) bond motifs is 1. The van der Waals surface area contributed by atoms with Crippen LogP contribution in [0.3, 0.4) is 0 Å². The van der Waals surface area contributed by atoms with Gasteiger partial charge in [0.2, 0.25) is 0 Å². The molecule has 0 aliphatic heterocycles. The lowest BCUT2D eigenvalue weighted by molar-refractivity contribution is -0.137. The molecule has 0 bridgehead atoms. The van der Waals surface area contributed by atoms with Gasteiger partial charge in [0.25, 0.3) is 0 Å². The molecular formula is C25H28F3N3S. The molecule has 0 saturated heterocycles. The topological polar surface area (TPSA) is 30.7 Å². The van der Waals surface area contributed by atoms with Crippen LogP contribution in [0, 0.1) is 12.3 Å². The van der Waals surface area contributed by atoms with Gasteiger partial charge in [-0.2, -0.15) is 13.2 Å². The van der Waals surface area contributed by atoms with Crippen LogP contribution in [-0.4, -0.2) is 20.3 Å². The van der Waals surface area contributed by atoms with Crippen molar-refractivity contribution in [1.29, 1.82) is 0 Å². The Morgan fingerprint density at radius 1 is 1.16 bits per heavy atom. The molecule has 0 spiro atoms. The summed E-state index contributed by atoms with van der Waals surface area (Å²) in [5.74, 6) is 4.36. The summed E-state index contributed by atoms with van der Waals surface area (Å²) in [5.41, 5.74) is 1.67. The van der Waals surface area contributed by atoms with Gasteiger partial charge in [-0.3, -0.25) is 0 Å². The monoisotopic (exact) mass is 459 g/mol. The van der Waals surface area contributed by atoms with Crippen molar-refractivity contribution in [2.24, 2.45) is 7.05 Å². The van der Waals surface area contributed by atoms with E-state index in [0.29, 0.717) is 11.5 Å². The van der Waals surface area contributed by atoms with Gasteiger partial charge >= 0.3 is 6.18 Å². The standard InChI is InChI=1S/C21H18F3N3S.C4H10/c1-4-20(8-9-20)13-6-7-15(17(11-13)28-5-2)18-26-16-10-14(21(22,23)24)12-25-19(16)27(18)3;1-3-4-2/h1,6-7,10-12H,5,8-9H2,2-3H3;3-4H2,1-2H3. The molecule has 170 valence electrons. The molecule has 3 nitrogen and oxygen atoms in total. The summed E-state index contributed by atoms with van der Waals surface area (Å²) in [4.78, 5) is 9.49. The molecule has 0 amide bonds. The van der Waals surface area contributed by atoms with Gasteiger partial charge in [-0.05, 0) is 42.4 Å². The number of halogens is 3. The van der Waals surface area contributed by atoms with Gasteiger partial charge in [-0.25, -0.2) is 9.97 Å². The Hall–Kier alpha value is -2.46. The zero-order chi connectivity index (χ0) is 23.5. The molecule has 1 saturated carbocycles. The summed E-state index contributed by atoms with van der Waals surface area (Å²) in [6, 6.07) is 7.13. The van der Waals surface area contributed by atoms with E-state index in [4.69, 9.17) is 6.42 Å². The summed E-state index contributed by atoms with van der Waals surface area (Å²) < 4.78 is 40.8. The minimum Gasteiger partial charge on any atom is -0.312 e. The fourth-order valence-corrected chi connectivity index (χ4v) is 4.23. The minimum absolute atomic E-state index is 0.170. The first kappa shape index (κ1) is 24.2. The molecule has 1 fully saturated rings. The summed E-state index contributed by atoms with van der Waals surface area (Å²) in [6.07, 6.45) is 6.73. The van der Waals surface area contributed by atoms with Crippen LogP contribution in [0.1, 0.15) is 57.6 Å². The van der Waals surface area contributed by atoms with E-state index in [-0.39, 0.29) is 10.9 Å². The minimum atomic E-state index is -4.45. The smallest absolute Gasteiger partial charge is 0.312 e. The van der Waals surface area contributed by atoms with Crippen LogP contribution >= 0.6 is 11.8 Å². The Balaban J connectivity index is 0.000000668. The van der Waals surface area contributed by atoms with Crippen LogP contribution < -0.4 is 0 Å². The average molecular weight is 460 g/mol. The highest BCUT2D eigenvalue weighted by Gasteiger charge is 2.42. The molecular weight excluding hydrogens is 431 g/mol. The molecule has 0 atom stereocenters. The van der Waals surface area contributed by atoms with Crippen molar-refractivity contribution in [3.8, 4) is 23.7 Å². The van der Waals surface area contributed by atoms with E-state index in [2.05, 4.69) is 42.7 Å². The van der Waals surface area contributed by atoms with E-state index in [1.54, 1.807) is 23.4 Å². The van der Waals surface area contributed by atoms with Crippen LogP contribution in [0.4, 0.5) is 13.2 Å². The second-order valence-corrected chi connectivity index (χ2v) is 9.24. The highest BCUT2D eigenvalue weighted by Crippen LogP contribution is 2.49. The first-order chi connectivity index (χ1) is 15.2. The maximum atomic E-state index is 13.0. The molecule has 1 aliphatic carbocycles. The molecule has 2 heterocycles. The van der Waals surface area contributed by atoms with Gasteiger partial charge in [-0.15, -0.1) is 18.2 Å². The molecule has 32 heavy (non-hydrogen) atoms. The number of unbranched alkanes of at least 4 members (excludes halogenated alkanes) is 1. The maximum Gasteiger partial charge on any atom is 0.417 e. The zero-order valence-electron chi connectivity index (χ0n) is 18.9. The van der Waals surface area contributed by atoms with E-state index in [0.717, 1.165) is 46.9 Å². The van der Waals surface area contributed by atoms with Crippen molar-refractivity contribution in [3.05, 3.63) is 41.6 Å². The lowest BCUT2D eigenvalue weighted by atomic mass is 9.96. The van der Waals surface area contributed by atoms with E-state index >= 15 is 0 Å². The lowest BCUT2D eigenvalue weighted by Crippen LogP contribution is -2.05. The Labute approximate surface area is 191 Å². The number of thioether (sulfide) groups is 1. The SMILES string of the molecule is C#CC1(c2ccc(-c3nc4cc(C(F)(F)F)cnc4n3C)c(SCC)c2)CC1.CCCC. The fourth-order valence-electron chi connectivity index (χ4n) is 3.39. The number of hydrogen-bond donors (Lipinski definition) is 0. The van der Waals surface area contributed by atoms with Crippen molar-refractivity contribution < 1.29 is 13.2 Å². The van der Waals surface area contributed by atoms with Gasteiger partial charge in [0.05, 0.1) is 11.0 Å². The van der Waals surface area contributed by atoms with Crippen molar-refractivity contribution in [2.75, 3.05) is 5.75 Å². The third kappa shape index (κ3) is 4.80. The number of aromatic nitrogens is 3. The number of rotatable bonds is 5. The number of nitrogens with zero attached hydrogens (tertiary/aromatic N) is 3. The molecule has 4 rings (SSSR count). The van der Waals surface area contributed by atoms with Crippen LogP contribution in [0.25, 0.3) is 22.6 Å². The lowest BCUT2D eigenvalue weighted by Gasteiger charge is -2.14. The molecule has 7 heteroatoms. The van der Waals surface area contributed by atoms with Crippen LogP contribution in [-0.2, 0) is 18.6 Å². The molecule has 2 aromatic heterocycles. The van der Waals surface area contributed by atoms with Crippen LogP contribution in [0.5, 0.6) is 0 Å². The molecule has 1 aromatic carbocycles. The van der Waals surface area contributed by atoms with E-state index in [1.165, 1.54) is 12.8 Å². The van der Waals surface area contributed by atoms with Crippen molar-refractivity contribution in [1.82, 2.24) is 14.5 Å². The van der Waals surface area contributed by atoms with Gasteiger partial charge in [-0.1, -0.05) is 45.6 Å². The van der Waals surface area contributed by atoms with Crippen molar-refractivity contribution in [2.45, 2.75) is 62.9 Å². The Bertz CT molecular complexity index is 1140. The Kier molecular flexibility index (Phi) is 7.24. The van der Waals surface area contributed by atoms with Gasteiger partial charge < -0.3 is 4.57 Å². The average Bonchev–Trinajstić information content (AvgIpc) is 3.52. The highest BCUT2D eigenvalue weighted by molar-refractivity contribution is 7.99. The number of aryl methyl sites for hydroxylation is 1. The third-order valence-corrected chi connectivity index (χ3v) is 6.58. The summed E-state index contributed by atoms with van der Waals surface area (Å²) in [5, 5.41) is 0. The zero-order valence-corrected chi connectivity index (χ0v) is 19.7. The summed E-state index contributed by atoms with van der Waals surface area (Å²) in [7, 11) is 1.77. The number of pyridine rings is 1. The van der Waals surface area contributed by atoms with E-state index in [1.807, 2.05) is 12.1 Å². The second-order valence-electron chi connectivity index (χ2n) is 7.93. The number of terminal acetylenes is 1. The molecule has 1 aliphatic rings. The van der Waals surface area contributed by atoms with Crippen molar-refractivity contribution in [3.63, 3.8) is 0 Å². The normalized spacial score (nSPS) is 14.6. The molecule has 0 N–H and O–H groups in total. The number of alkyl halides is 3. The second kappa shape index (κ2) is 9.58. The first-order valence-electron chi connectivity index (χ1n) is 10.9. The quantitative estimate of drug-likeness (QED) is 0.298. The predicted molar refractivity (Wildman–Crippen MR) is 126 cm³/mol. The largest absolute Gasteiger partial charge is 0.417 e. The van der Waals surface area contributed by atoms with E-state index < -0.39 is 11.7 Å². The number of benzene rings is 1. The van der Waals surface area contributed by atoms with Crippen LogP contribution in [0.2, 0.25) is 0 Å². The predicted octanol–water partition coefficient (Wildman–Crippen LogP) is 7.24. The van der Waals surface area contributed by atoms with Crippen LogP contribution in [0.15, 0.2) is 35.4 Å². The maximum absolute atomic E-state index is 13.0. The Morgan fingerprint density at radius 2 is 1.84 bits per heavy atom. The summed E-state index contributed by atoms with van der Waals surface area (Å²) >= 11 is 1.67. The highest BCUT2D eigenvalue weighted by atomic mass is 32.2.